The molecule has 3 aliphatic heterocycles. The number of methoxy groups -OCH3 is 4. The molecule has 3 aromatic heterocycles. The number of H-pyrrole nitrogens is 2. The van der Waals surface area contributed by atoms with Gasteiger partial charge in [0.25, 0.3) is 0 Å². The van der Waals surface area contributed by atoms with Gasteiger partial charge in [0.05, 0.1) is 75.5 Å². The Balaban J connectivity index is 1.04. The number of nitrogens with one attached hydrogen (secondary N) is 4. The number of ether oxygens (including phenoxy) is 5. The monoisotopic (exact) mass is 941 g/mol. The highest BCUT2D eigenvalue weighted by Crippen LogP contribution is 2.47. The van der Waals surface area contributed by atoms with E-state index in [0.29, 0.717) is 42.0 Å². The molecule has 18 heteroatoms. The summed E-state index contributed by atoms with van der Waals surface area (Å²) in [5.74, 6) is 2.62. The van der Waals surface area contributed by atoms with Gasteiger partial charge in [-0.05, 0) is 80.0 Å². The first-order valence-electron chi connectivity index (χ1n) is 23.4. The maximum absolute atomic E-state index is 13.8. The molecule has 5 atom stereocenters. The Kier molecular flexibility index (Phi) is 13.0. The molecule has 2 saturated heterocycles. The smallest absolute Gasteiger partial charge is 0.407 e. The molecule has 362 valence electrons. The van der Waals surface area contributed by atoms with Crippen molar-refractivity contribution in [1.82, 2.24) is 44.9 Å². The predicted molar refractivity (Wildman–Crippen MR) is 257 cm³/mol. The van der Waals surface area contributed by atoms with Crippen LogP contribution in [0.4, 0.5) is 9.59 Å². The van der Waals surface area contributed by atoms with Gasteiger partial charge in [-0.3, -0.25) is 9.59 Å². The van der Waals surface area contributed by atoms with Crippen molar-refractivity contribution in [2.24, 2.45) is 11.8 Å². The van der Waals surface area contributed by atoms with Gasteiger partial charge in [-0.2, -0.15) is 0 Å². The number of aromatic amines is 2. The van der Waals surface area contributed by atoms with Crippen molar-refractivity contribution < 1.29 is 42.9 Å². The number of benzene rings is 3. The molecule has 4 amide bonds. The van der Waals surface area contributed by atoms with Crippen molar-refractivity contribution in [3.05, 3.63) is 90.3 Å². The molecule has 0 radical (unpaired) electrons. The predicted octanol–water partition coefficient (Wildman–Crippen LogP) is 8.13. The second kappa shape index (κ2) is 19.2. The number of carbonyl (C=O) groups is 4. The Hall–Kier alpha value is -7.50. The van der Waals surface area contributed by atoms with Gasteiger partial charge in [-0.25, -0.2) is 19.6 Å². The van der Waals surface area contributed by atoms with Crippen LogP contribution in [0, 0.1) is 11.8 Å². The molecular formula is C51H59N9O9. The number of fused-ring (bicyclic) bond motifs is 5. The topological polar surface area (TPSA) is 207 Å². The first-order valence-corrected chi connectivity index (χ1v) is 23.4. The third kappa shape index (κ3) is 8.90. The lowest BCUT2D eigenvalue weighted by Crippen LogP contribution is -2.51. The fraction of sp³-hybridized carbons (Fsp3) is 0.412. The molecule has 5 unspecified atom stereocenters. The summed E-state index contributed by atoms with van der Waals surface area (Å²) in [5, 5.41) is 6.40. The number of aromatic nitrogens is 5. The van der Waals surface area contributed by atoms with E-state index in [0.717, 1.165) is 75.9 Å². The molecule has 3 aromatic carbocycles. The van der Waals surface area contributed by atoms with Gasteiger partial charge in [0, 0.05) is 46.8 Å². The van der Waals surface area contributed by atoms with E-state index in [1.54, 1.807) is 36.4 Å². The largest absolute Gasteiger partial charge is 0.497 e. The Morgan fingerprint density at radius 1 is 0.681 bits per heavy atom. The Labute approximate surface area is 400 Å². The first-order chi connectivity index (χ1) is 33.3. The number of carbonyl (C=O) groups excluding carboxylic acids is 4. The van der Waals surface area contributed by atoms with Gasteiger partial charge in [0.1, 0.15) is 41.0 Å². The molecule has 2 fully saturated rings. The van der Waals surface area contributed by atoms with Crippen LogP contribution in [-0.4, -0.2) is 112 Å². The van der Waals surface area contributed by atoms with Crippen molar-refractivity contribution in [2.75, 3.05) is 41.5 Å². The maximum Gasteiger partial charge on any atom is 0.407 e. The number of imidazole rings is 2. The summed E-state index contributed by atoms with van der Waals surface area (Å²) in [6.45, 7) is 8.69. The highest BCUT2D eigenvalue weighted by Gasteiger charge is 2.39. The Morgan fingerprint density at radius 2 is 1.20 bits per heavy atom. The minimum atomic E-state index is -0.738. The quantitative estimate of drug-likeness (QED) is 0.0869. The summed E-state index contributed by atoms with van der Waals surface area (Å²) in [4.78, 5) is 72.2. The van der Waals surface area contributed by atoms with Gasteiger partial charge < -0.3 is 58.7 Å². The van der Waals surface area contributed by atoms with Crippen LogP contribution in [0.25, 0.3) is 44.7 Å². The molecular weight excluding hydrogens is 883 g/mol. The Morgan fingerprint density at radius 3 is 1.71 bits per heavy atom. The molecule has 4 N–H and O–H groups in total. The van der Waals surface area contributed by atoms with Gasteiger partial charge in [-0.15, -0.1) is 0 Å². The molecule has 6 heterocycles. The number of likely N-dealkylation sites (tertiary alicyclic amines) is 2. The van der Waals surface area contributed by atoms with Crippen LogP contribution in [0.15, 0.2) is 73.1 Å². The lowest BCUT2D eigenvalue weighted by molar-refractivity contribution is -0.136. The summed E-state index contributed by atoms with van der Waals surface area (Å²) in [7, 11) is 5.81. The Bertz CT molecular complexity index is 2880. The van der Waals surface area contributed by atoms with Crippen molar-refractivity contribution >= 4 is 34.9 Å². The number of nitrogens with zero attached hydrogens (tertiary/aromatic N) is 5. The molecule has 9 rings (SSSR count). The summed E-state index contributed by atoms with van der Waals surface area (Å²) in [6.07, 6.45) is 4.76. The van der Waals surface area contributed by atoms with Crippen LogP contribution in [0.3, 0.4) is 0 Å². The molecule has 18 nitrogen and oxygen atoms in total. The van der Waals surface area contributed by atoms with Crippen molar-refractivity contribution in [3.63, 3.8) is 0 Å². The molecule has 69 heavy (non-hydrogen) atoms. The van der Waals surface area contributed by atoms with Gasteiger partial charge in [0.2, 0.25) is 18.0 Å². The van der Waals surface area contributed by atoms with Gasteiger partial charge in [0.15, 0.2) is 0 Å². The van der Waals surface area contributed by atoms with E-state index in [4.69, 9.17) is 33.7 Å². The van der Waals surface area contributed by atoms with E-state index in [9.17, 15) is 19.2 Å². The van der Waals surface area contributed by atoms with Crippen molar-refractivity contribution in [1.29, 1.82) is 0 Å². The molecule has 0 aliphatic carbocycles. The summed E-state index contributed by atoms with van der Waals surface area (Å²) in [5.41, 5.74) is 6.93. The average Bonchev–Trinajstić information content (AvgIpc) is 4.23. The summed E-state index contributed by atoms with van der Waals surface area (Å²) >= 11 is 0. The maximum atomic E-state index is 13.8. The van der Waals surface area contributed by atoms with Crippen LogP contribution >= 0.6 is 0 Å². The third-order valence-electron chi connectivity index (χ3n) is 13.5. The second-order valence-corrected chi connectivity index (χ2v) is 18.5. The van der Waals surface area contributed by atoms with Crippen LogP contribution in [-0.2, 0) is 19.1 Å². The molecule has 6 aromatic rings. The average molecular weight is 942 g/mol. The van der Waals surface area contributed by atoms with Crippen molar-refractivity contribution in [3.8, 4) is 51.0 Å². The van der Waals surface area contributed by atoms with Crippen molar-refractivity contribution in [2.45, 2.75) is 83.8 Å². The number of hydrogen-bond acceptors (Lipinski definition) is 11. The highest BCUT2D eigenvalue weighted by molar-refractivity contribution is 5.93. The highest BCUT2D eigenvalue weighted by atomic mass is 16.5. The number of alkyl carbamates (subject to hydrolysis) is 2. The van der Waals surface area contributed by atoms with Gasteiger partial charge in [-0.1, -0.05) is 39.8 Å². The van der Waals surface area contributed by atoms with E-state index in [1.807, 2.05) is 58.0 Å². The van der Waals surface area contributed by atoms with E-state index in [-0.39, 0.29) is 35.7 Å². The minimum absolute atomic E-state index is 0.143. The van der Waals surface area contributed by atoms with E-state index in [2.05, 4.69) is 55.5 Å². The van der Waals surface area contributed by atoms with Crippen LogP contribution in [0.5, 0.6) is 17.2 Å². The zero-order valence-electron chi connectivity index (χ0n) is 40.1. The minimum Gasteiger partial charge on any atom is -0.497 e. The SMILES string of the molecule is COC(=O)NC(C(=O)N1CCCC1c1ncc(-c2ccc3c(c2)OC(c2cc(OC)cc(OC)c2)n2c-3cc3cc(-c4cnc(C5CCCN5C(=O)C(NC(=O)OC)C(C)C)[nH]4)ccc32)[nH]1)C(C)C. The fourth-order valence-electron chi connectivity index (χ4n) is 9.92. The standard InChI is InChI=1S/C51H59N9O9/c1-27(2)43(56-50(63)67-7)47(61)58-17-9-11-39(58)45-52-25-36(54-45)29-14-16-38-31(19-29)22-41-35-15-13-30(23-42(35)69-49(60(38)41)32-20-33(65-5)24-34(21-32)66-6)37-26-53-46(55-37)40-12-10-18-59(40)48(62)44(28(3)4)57-51(64)68-8/h13-16,19-28,39-40,43-44,49H,9-12,17-18H2,1-8H3,(H,52,54)(H,53,55)(H,56,63)(H,57,64). The number of amides is 4. The first kappa shape index (κ1) is 46.6. The van der Waals surface area contributed by atoms with E-state index >= 15 is 0 Å². The zero-order chi connectivity index (χ0) is 48.7. The third-order valence-corrected chi connectivity index (χ3v) is 13.5. The summed E-state index contributed by atoms with van der Waals surface area (Å²) < 4.78 is 30.3. The molecule has 3 aliphatic rings. The lowest BCUT2D eigenvalue weighted by atomic mass is 10.0. The molecule has 0 spiro atoms. The molecule has 0 bridgehead atoms. The van der Waals surface area contributed by atoms with E-state index < -0.39 is 30.5 Å². The number of rotatable bonds is 13. The van der Waals surface area contributed by atoms with Crippen LogP contribution in [0.2, 0.25) is 0 Å². The fourth-order valence-corrected chi connectivity index (χ4v) is 9.92. The second-order valence-electron chi connectivity index (χ2n) is 18.5. The van der Waals surface area contributed by atoms with E-state index in [1.165, 1.54) is 14.2 Å². The normalized spacial score (nSPS) is 18.4. The number of hydrogen-bond donors (Lipinski definition) is 4. The lowest BCUT2D eigenvalue weighted by Gasteiger charge is -2.31. The van der Waals surface area contributed by atoms with Gasteiger partial charge >= 0.3 is 12.2 Å². The van der Waals surface area contributed by atoms with Crippen LogP contribution < -0.4 is 24.8 Å². The summed E-state index contributed by atoms with van der Waals surface area (Å²) in [6, 6.07) is 18.2. The zero-order valence-corrected chi connectivity index (χ0v) is 40.1. The molecule has 0 saturated carbocycles. The van der Waals surface area contributed by atoms with Crippen LogP contribution in [0.1, 0.15) is 88.9 Å².